The number of carbonyl (C=O) groups excluding carboxylic acids is 1. The van der Waals surface area contributed by atoms with Crippen molar-refractivity contribution in [2.45, 2.75) is 45.8 Å². The third kappa shape index (κ3) is 4.90. The Morgan fingerprint density at radius 1 is 1.50 bits per heavy atom. The lowest BCUT2D eigenvalue weighted by atomic mass is 10.0. The number of aliphatic hydroxyl groups is 1. The number of amides is 1. The van der Waals surface area contributed by atoms with E-state index in [1.54, 1.807) is 39.0 Å². The van der Waals surface area contributed by atoms with E-state index in [4.69, 9.17) is 10.00 Å². The molecular formula is C15H20N2O3. The van der Waals surface area contributed by atoms with Gasteiger partial charge < -0.3 is 9.84 Å². The van der Waals surface area contributed by atoms with Crippen molar-refractivity contribution in [2.75, 3.05) is 5.32 Å². The smallest absolute Gasteiger partial charge is 0.412 e. The number of nitrogens with one attached hydrogen (secondary N) is 1. The van der Waals surface area contributed by atoms with E-state index < -0.39 is 17.8 Å². The fourth-order valence-electron chi connectivity index (χ4n) is 1.60. The van der Waals surface area contributed by atoms with Crippen molar-refractivity contribution in [3.8, 4) is 6.07 Å². The normalized spacial score (nSPS) is 12.4. The molecule has 1 amide bonds. The number of aryl methyl sites for hydroxylation is 1. The minimum absolute atomic E-state index is 0.00887. The van der Waals surface area contributed by atoms with Crippen LogP contribution in [0.15, 0.2) is 18.2 Å². The second-order valence-electron chi connectivity index (χ2n) is 5.58. The Hall–Kier alpha value is -2.06. The highest BCUT2D eigenvalue weighted by molar-refractivity contribution is 5.86. The quantitative estimate of drug-likeness (QED) is 0.887. The SMILES string of the molecule is Cc1ccc(C(O)CC#N)cc1NC(=O)OC(C)(C)C. The standard InChI is InChI=1S/C15H20N2O3/c1-10-5-6-11(13(18)7-8-16)9-12(10)17-14(19)20-15(2,3)4/h5-6,9,13,18H,7H2,1-4H3,(H,17,19). The van der Waals surface area contributed by atoms with Gasteiger partial charge in [-0.15, -0.1) is 0 Å². The van der Waals surface area contributed by atoms with Gasteiger partial charge >= 0.3 is 6.09 Å². The van der Waals surface area contributed by atoms with Crippen molar-refractivity contribution in [3.05, 3.63) is 29.3 Å². The molecule has 0 aliphatic carbocycles. The summed E-state index contributed by atoms with van der Waals surface area (Å²) in [7, 11) is 0. The van der Waals surface area contributed by atoms with Gasteiger partial charge in [-0.3, -0.25) is 5.32 Å². The van der Waals surface area contributed by atoms with E-state index in [0.717, 1.165) is 5.56 Å². The first kappa shape index (κ1) is 16.0. The summed E-state index contributed by atoms with van der Waals surface area (Å²) in [6, 6.07) is 7.08. The van der Waals surface area contributed by atoms with E-state index in [1.807, 2.05) is 13.0 Å². The maximum atomic E-state index is 11.7. The van der Waals surface area contributed by atoms with Crippen LogP contribution in [-0.4, -0.2) is 16.8 Å². The summed E-state index contributed by atoms with van der Waals surface area (Å²) in [6.45, 7) is 7.19. The molecule has 1 aromatic rings. The molecule has 1 unspecified atom stereocenters. The summed E-state index contributed by atoms with van der Waals surface area (Å²) in [5.74, 6) is 0. The molecule has 0 aromatic heterocycles. The van der Waals surface area contributed by atoms with Crippen LogP contribution < -0.4 is 5.32 Å². The van der Waals surface area contributed by atoms with Crippen LogP contribution in [0, 0.1) is 18.3 Å². The Morgan fingerprint density at radius 3 is 2.70 bits per heavy atom. The van der Waals surface area contributed by atoms with Gasteiger partial charge in [0.2, 0.25) is 0 Å². The number of carbonyl (C=O) groups is 1. The molecule has 0 aliphatic rings. The molecule has 1 atom stereocenters. The molecule has 1 rings (SSSR count). The number of nitriles is 1. The van der Waals surface area contributed by atoms with Gasteiger partial charge in [0.05, 0.1) is 18.6 Å². The molecule has 0 heterocycles. The average molecular weight is 276 g/mol. The van der Waals surface area contributed by atoms with E-state index in [1.165, 1.54) is 0 Å². The van der Waals surface area contributed by atoms with Crippen LogP contribution in [0.4, 0.5) is 10.5 Å². The predicted molar refractivity (Wildman–Crippen MR) is 76.2 cm³/mol. The summed E-state index contributed by atoms with van der Waals surface area (Å²) in [5, 5.41) is 21.0. The second kappa shape index (κ2) is 6.40. The summed E-state index contributed by atoms with van der Waals surface area (Å²) in [5.41, 5.74) is 1.43. The molecule has 0 spiro atoms. The van der Waals surface area contributed by atoms with Crippen LogP contribution in [0.3, 0.4) is 0 Å². The Kier molecular flexibility index (Phi) is 5.12. The van der Waals surface area contributed by atoms with Crippen LogP contribution in [0.5, 0.6) is 0 Å². The average Bonchev–Trinajstić information content (AvgIpc) is 2.29. The molecule has 5 heteroatoms. The first-order chi connectivity index (χ1) is 9.23. The minimum atomic E-state index is -0.861. The van der Waals surface area contributed by atoms with E-state index in [-0.39, 0.29) is 6.42 Å². The lowest BCUT2D eigenvalue weighted by Crippen LogP contribution is -2.27. The van der Waals surface area contributed by atoms with Crippen molar-refractivity contribution in [2.24, 2.45) is 0 Å². The fraction of sp³-hybridized carbons (Fsp3) is 0.467. The number of anilines is 1. The van der Waals surface area contributed by atoms with Crippen molar-refractivity contribution in [3.63, 3.8) is 0 Å². The van der Waals surface area contributed by atoms with Crippen LogP contribution in [0.2, 0.25) is 0 Å². The van der Waals surface area contributed by atoms with Gasteiger partial charge in [-0.25, -0.2) is 4.79 Å². The van der Waals surface area contributed by atoms with Crippen LogP contribution in [-0.2, 0) is 4.74 Å². The molecule has 0 saturated heterocycles. The molecular weight excluding hydrogens is 256 g/mol. The maximum absolute atomic E-state index is 11.7. The lowest BCUT2D eigenvalue weighted by molar-refractivity contribution is 0.0635. The zero-order chi connectivity index (χ0) is 15.3. The second-order valence-corrected chi connectivity index (χ2v) is 5.58. The number of aliphatic hydroxyl groups excluding tert-OH is 1. The molecule has 2 N–H and O–H groups in total. The van der Waals surface area contributed by atoms with Gasteiger partial charge in [0.1, 0.15) is 5.60 Å². The zero-order valence-electron chi connectivity index (χ0n) is 12.2. The third-order valence-corrected chi connectivity index (χ3v) is 2.57. The van der Waals surface area contributed by atoms with Gasteiger partial charge in [-0.2, -0.15) is 5.26 Å². The molecule has 0 aliphatic heterocycles. The third-order valence-electron chi connectivity index (χ3n) is 2.57. The van der Waals surface area contributed by atoms with E-state index in [9.17, 15) is 9.90 Å². The number of nitrogens with zero attached hydrogens (tertiary/aromatic N) is 1. The van der Waals surface area contributed by atoms with E-state index in [0.29, 0.717) is 11.3 Å². The summed E-state index contributed by atoms with van der Waals surface area (Å²) in [4.78, 5) is 11.7. The van der Waals surface area contributed by atoms with Crippen LogP contribution in [0.1, 0.15) is 44.4 Å². The van der Waals surface area contributed by atoms with Crippen LogP contribution >= 0.6 is 0 Å². The number of hydrogen-bond acceptors (Lipinski definition) is 4. The van der Waals surface area contributed by atoms with Gasteiger partial charge in [0, 0.05) is 5.69 Å². The van der Waals surface area contributed by atoms with Gasteiger partial charge in [0.25, 0.3) is 0 Å². The summed E-state index contributed by atoms with van der Waals surface area (Å²) < 4.78 is 5.18. The first-order valence-corrected chi connectivity index (χ1v) is 6.38. The maximum Gasteiger partial charge on any atom is 0.412 e. The van der Waals surface area contributed by atoms with Gasteiger partial charge in [0.15, 0.2) is 0 Å². The highest BCUT2D eigenvalue weighted by Gasteiger charge is 2.17. The predicted octanol–water partition coefficient (Wildman–Crippen LogP) is 3.29. The monoisotopic (exact) mass is 276 g/mol. The topological polar surface area (TPSA) is 82.4 Å². The Balaban J connectivity index is 2.87. The largest absolute Gasteiger partial charge is 0.444 e. The van der Waals surface area contributed by atoms with E-state index in [2.05, 4.69) is 5.32 Å². The highest BCUT2D eigenvalue weighted by atomic mass is 16.6. The Bertz CT molecular complexity index is 527. The van der Waals surface area contributed by atoms with Gasteiger partial charge in [-0.1, -0.05) is 12.1 Å². The van der Waals surface area contributed by atoms with Crippen molar-refractivity contribution in [1.82, 2.24) is 0 Å². The van der Waals surface area contributed by atoms with Crippen molar-refractivity contribution in [1.29, 1.82) is 5.26 Å². The molecule has 5 nitrogen and oxygen atoms in total. The number of ether oxygens (including phenoxy) is 1. The zero-order valence-corrected chi connectivity index (χ0v) is 12.2. The van der Waals surface area contributed by atoms with Crippen molar-refractivity contribution >= 4 is 11.8 Å². The first-order valence-electron chi connectivity index (χ1n) is 6.38. The molecule has 0 bridgehead atoms. The summed E-state index contributed by atoms with van der Waals surface area (Å²) >= 11 is 0. The molecule has 0 saturated carbocycles. The summed E-state index contributed by atoms with van der Waals surface area (Å²) in [6.07, 6.45) is -1.40. The Labute approximate surface area is 119 Å². The molecule has 0 fully saturated rings. The lowest BCUT2D eigenvalue weighted by Gasteiger charge is -2.20. The molecule has 0 radical (unpaired) electrons. The fourth-order valence-corrected chi connectivity index (χ4v) is 1.60. The highest BCUT2D eigenvalue weighted by Crippen LogP contribution is 2.23. The van der Waals surface area contributed by atoms with Crippen LogP contribution in [0.25, 0.3) is 0 Å². The molecule has 1 aromatic carbocycles. The number of hydrogen-bond donors (Lipinski definition) is 2. The molecule has 20 heavy (non-hydrogen) atoms. The van der Waals surface area contributed by atoms with Gasteiger partial charge in [-0.05, 0) is 44.9 Å². The van der Waals surface area contributed by atoms with E-state index >= 15 is 0 Å². The van der Waals surface area contributed by atoms with Crippen molar-refractivity contribution < 1.29 is 14.6 Å². The molecule has 108 valence electrons. The number of rotatable bonds is 3. The minimum Gasteiger partial charge on any atom is -0.444 e. The number of benzene rings is 1. The Morgan fingerprint density at radius 2 is 2.15 bits per heavy atom.